The molecule has 0 unspecified atom stereocenters. The van der Waals surface area contributed by atoms with Crippen LogP contribution in [0, 0.1) is 0 Å². The van der Waals surface area contributed by atoms with Gasteiger partial charge in [0, 0.05) is 6.42 Å². The second-order valence-electron chi connectivity index (χ2n) is 4.45. The van der Waals surface area contributed by atoms with Crippen LogP contribution in [-0.2, 0) is 4.79 Å². The molecule has 0 fully saturated rings. The number of hydrogen-bond acceptors (Lipinski definition) is 3. The number of rotatable bonds is 5. The third kappa shape index (κ3) is 3.89. The van der Waals surface area contributed by atoms with E-state index in [1.165, 1.54) is 0 Å². The predicted octanol–water partition coefficient (Wildman–Crippen LogP) is 3.87. The van der Waals surface area contributed by atoms with Crippen molar-refractivity contribution in [1.29, 1.82) is 0 Å². The van der Waals surface area contributed by atoms with Crippen molar-refractivity contribution < 1.29 is 9.53 Å². The second-order valence-corrected chi connectivity index (χ2v) is 4.86. The molecule has 0 atom stereocenters. The van der Waals surface area contributed by atoms with Gasteiger partial charge in [0.05, 0.1) is 17.8 Å². The first-order valence-electron chi connectivity index (χ1n) is 6.63. The summed E-state index contributed by atoms with van der Waals surface area (Å²) in [6, 6.07) is 13.4. The maximum absolute atomic E-state index is 11.2. The SMILES string of the molecule is CCC(=O)NNc1ccc(-c2ccc(OC)c(Cl)c2)cc1. The zero-order valence-corrected chi connectivity index (χ0v) is 12.7. The van der Waals surface area contributed by atoms with Gasteiger partial charge in [0.2, 0.25) is 5.91 Å². The molecule has 2 aromatic carbocycles. The number of carbonyl (C=O) groups excluding carboxylic acids is 1. The van der Waals surface area contributed by atoms with Crippen LogP contribution in [0.3, 0.4) is 0 Å². The summed E-state index contributed by atoms with van der Waals surface area (Å²) in [5.41, 5.74) is 8.32. The quantitative estimate of drug-likeness (QED) is 0.825. The maximum atomic E-state index is 11.2. The monoisotopic (exact) mass is 304 g/mol. The Balaban J connectivity index is 2.11. The molecule has 0 aliphatic carbocycles. The molecular formula is C16H17ClN2O2. The molecule has 4 nitrogen and oxygen atoms in total. The highest BCUT2D eigenvalue weighted by molar-refractivity contribution is 6.32. The number of hydrazine groups is 1. The minimum absolute atomic E-state index is 0.0546. The average molecular weight is 305 g/mol. The van der Waals surface area contributed by atoms with Crippen LogP contribution in [0.4, 0.5) is 5.69 Å². The largest absolute Gasteiger partial charge is 0.495 e. The highest BCUT2D eigenvalue weighted by atomic mass is 35.5. The van der Waals surface area contributed by atoms with Gasteiger partial charge in [0.15, 0.2) is 0 Å². The number of hydrogen-bond donors (Lipinski definition) is 2. The molecule has 2 aromatic rings. The Morgan fingerprint density at radius 3 is 2.38 bits per heavy atom. The van der Waals surface area contributed by atoms with Crippen molar-refractivity contribution in [3.8, 4) is 16.9 Å². The van der Waals surface area contributed by atoms with Crippen LogP contribution < -0.4 is 15.6 Å². The van der Waals surface area contributed by atoms with Crippen molar-refractivity contribution in [3.63, 3.8) is 0 Å². The lowest BCUT2D eigenvalue weighted by Gasteiger charge is -2.09. The zero-order valence-electron chi connectivity index (χ0n) is 11.9. The van der Waals surface area contributed by atoms with E-state index < -0.39 is 0 Å². The van der Waals surface area contributed by atoms with Crippen LogP contribution in [0.1, 0.15) is 13.3 Å². The first kappa shape index (κ1) is 15.2. The fourth-order valence-corrected chi connectivity index (χ4v) is 2.08. The molecule has 0 aromatic heterocycles. The molecule has 1 amide bonds. The molecule has 5 heteroatoms. The van der Waals surface area contributed by atoms with Crippen molar-refractivity contribution in [2.24, 2.45) is 0 Å². The third-order valence-corrected chi connectivity index (χ3v) is 3.33. The van der Waals surface area contributed by atoms with Crippen molar-refractivity contribution in [1.82, 2.24) is 5.43 Å². The lowest BCUT2D eigenvalue weighted by atomic mass is 10.1. The number of benzene rings is 2. The van der Waals surface area contributed by atoms with E-state index in [1.807, 2.05) is 42.5 Å². The number of nitrogens with one attached hydrogen (secondary N) is 2. The number of carbonyl (C=O) groups is 1. The van der Waals surface area contributed by atoms with Gasteiger partial charge in [-0.1, -0.05) is 36.7 Å². The average Bonchev–Trinajstić information content (AvgIpc) is 2.53. The fraction of sp³-hybridized carbons (Fsp3) is 0.188. The molecular weight excluding hydrogens is 288 g/mol. The van der Waals surface area contributed by atoms with Crippen molar-refractivity contribution >= 4 is 23.2 Å². The first-order chi connectivity index (χ1) is 10.1. The molecule has 0 aliphatic heterocycles. The summed E-state index contributed by atoms with van der Waals surface area (Å²) in [4.78, 5) is 11.2. The number of halogens is 1. The molecule has 0 heterocycles. The molecule has 2 rings (SSSR count). The van der Waals surface area contributed by atoms with Gasteiger partial charge in [0.25, 0.3) is 0 Å². The van der Waals surface area contributed by atoms with Gasteiger partial charge in [-0.05, 0) is 35.4 Å². The molecule has 110 valence electrons. The maximum Gasteiger partial charge on any atom is 0.238 e. The van der Waals surface area contributed by atoms with Crippen molar-refractivity contribution in [2.45, 2.75) is 13.3 Å². The zero-order chi connectivity index (χ0) is 15.2. The Hall–Kier alpha value is -2.20. The molecule has 0 saturated heterocycles. The Kier molecular flexibility index (Phi) is 5.06. The van der Waals surface area contributed by atoms with Crippen LogP contribution in [0.25, 0.3) is 11.1 Å². The van der Waals surface area contributed by atoms with Gasteiger partial charge in [-0.2, -0.15) is 0 Å². The highest BCUT2D eigenvalue weighted by Crippen LogP contribution is 2.30. The Labute approximate surface area is 129 Å². The van der Waals surface area contributed by atoms with Gasteiger partial charge in [-0.25, -0.2) is 0 Å². The Morgan fingerprint density at radius 2 is 1.81 bits per heavy atom. The molecule has 0 radical (unpaired) electrons. The van der Waals surface area contributed by atoms with Gasteiger partial charge < -0.3 is 4.74 Å². The van der Waals surface area contributed by atoms with Gasteiger partial charge in [-0.15, -0.1) is 0 Å². The Bertz CT molecular complexity index is 627. The van der Waals surface area contributed by atoms with Gasteiger partial charge in [0.1, 0.15) is 5.75 Å². The summed E-state index contributed by atoms with van der Waals surface area (Å²) in [5, 5.41) is 0.576. The van der Waals surface area contributed by atoms with Crippen LogP contribution in [-0.4, -0.2) is 13.0 Å². The predicted molar refractivity (Wildman–Crippen MR) is 85.5 cm³/mol. The van der Waals surface area contributed by atoms with E-state index in [2.05, 4.69) is 10.9 Å². The summed E-state index contributed by atoms with van der Waals surface area (Å²) in [5.74, 6) is 0.599. The summed E-state index contributed by atoms with van der Waals surface area (Å²) >= 11 is 6.13. The van der Waals surface area contributed by atoms with Crippen molar-refractivity contribution in [2.75, 3.05) is 12.5 Å². The van der Waals surface area contributed by atoms with Crippen LogP contribution in [0.15, 0.2) is 42.5 Å². The number of ether oxygens (including phenoxy) is 1. The lowest BCUT2D eigenvalue weighted by Crippen LogP contribution is -2.28. The van der Waals surface area contributed by atoms with E-state index in [1.54, 1.807) is 14.0 Å². The van der Waals surface area contributed by atoms with E-state index in [4.69, 9.17) is 16.3 Å². The molecule has 0 spiro atoms. The minimum Gasteiger partial charge on any atom is -0.495 e. The number of amides is 1. The van der Waals surface area contributed by atoms with Crippen LogP contribution >= 0.6 is 11.6 Å². The van der Waals surface area contributed by atoms with Gasteiger partial charge >= 0.3 is 0 Å². The third-order valence-electron chi connectivity index (χ3n) is 3.04. The normalized spacial score (nSPS) is 10.0. The summed E-state index contributed by atoms with van der Waals surface area (Å²) in [6.07, 6.45) is 0.440. The van der Waals surface area contributed by atoms with E-state index >= 15 is 0 Å². The van der Waals surface area contributed by atoms with E-state index in [0.29, 0.717) is 17.2 Å². The molecule has 2 N–H and O–H groups in total. The van der Waals surface area contributed by atoms with Crippen molar-refractivity contribution in [3.05, 3.63) is 47.5 Å². The highest BCUT2D eigenvalue weighted by Gasteiger charge is 2.04. The smallest absolute Gasteiger partial charge is 0.238 e. The molecule has 0 saturated carbocycles. The molecule has 0 aliphatic rings. The molecule has 0 bridgehead atoms. The number of anilines is 1. The second kappa shape index (κ2) is 6.99. The lowest BCUT2D eigenvalue weighted by molar-refractivity contribution is -0.120. The molecule has 21 heavy (non-hydrogen) atoms. The summed E-state index contributed by atoms with van der Waals surface area (Å²) < 4.78 is 5.14. The summed E-state index contributed by atoms with van der Waals surface area (Å²) in [6.45, 7) is 1.80. The van der Waals surface area contributed by atoms with E-state index in [9.17, 15) is 4.79 Å². The first-order valence-corrected chi connectivity index (χ1v) is 7.00. The number of methoxy groups -OCH3 is 1. The topological polar surface area (TPSA) is 50.4 Å². The van der Waals surface area contributed by atoms with Crippen LogP contribution in [0.2, 0.25) is 5.02 Å². The minimum atomic E-state index is -0.0546. The van der Waals surface area contributed by atoms with E-state index in [-0.39, 0.29) is 5.91 Å². The Morgan fingerprint density at radius 1 is 1.14 bits per heavy atom. The standard InChI is InChI=1S/C16H17ClN2O2/c1-3-16(20)19-18-13-7-4-11(5-8-13)12-6-9-15(21-2)14(17)10-12/h4-10,18H,3H2,1-2H3,(H,19,20). The van der Waals surface area contributed by atoms with Gasteiger partial charge in [-0.3, -0.25) is 15.6 Å². The summed E-state index contributed by atoms with van der Waals surface area (Å²) in [7, 11) is 1.59. The van der Waals surface area contributed by atoms with E-state index in [0.717, 1.165) is 16.8 Å². The van der Waals surface area contributed by atoms with Crippen LogP contribution in [0.5, 0.6) is 5.75 Å². The fourth-order valence-electron chi connectivity index (χ4n) is 1.82.